The molecule has 0 aliphatic rings. The SMILES string of the molecule is CC(CC(C)(C)c1ccccc1)NC(=S)Nc1cccc(C(=O)c2ccc(C(C)(C)C)cc2)c1. The number of ketones is 1. The summed E-state index contributed by atoms with van der Waals surface area (Å²) in [5, 5.41) is 7.18. The molecular formula is C30H36N2OS. The van der Waals surface area contributed by atoms with Crippen molar-refractivity contribution in [1.29, 1.82) is 0 Å². The fourth-order valence-electron chi connectivity index (χ4n) is 4.24. The van der Waals surface area contributed by atoms with Crippen LogP contribution < -0.4 is 10.6 Å². The molecule has 0 aromatic heterocycles. The molecule has 0 fully saturated rings. The second-order valence-corrected chi connectivity index (χ2v) is 11.1. The van der Waals surface area contributed by atoms with Crippen LogP contribution >= 0.6 is 12.2 Å². The van der Waals surface area contributed by atoms with E-state index in [1.165, 1.54) is 11.1 Å². The summed E-state index contributed by atoms with van der Waals surface area (Å²) in [6.45, 7) is 13.1. The van der Waals surface area contributed by atoms with Gasteiger partial charge < -0.3 is 10.6 Å². The molecule has 0 aliphatic carbocycles. The number of nitrogens with one attached hydrogen (secondary N) is 2. The Morgan fingerprint density at radius 2 is 1.47 bits per heavy atom. The van der Waals surface area contributed by atoms with E-state index in [9.17, 15) is 4.79 Å². The molecule has 4 heteroatoms. The van der Waals surface area contributed by atoms with Crippen molar-refractivity contribution in [1.82, 2.24) is 5.32 Å². The highest BCUT2D eigenvalue weighted by atomic mass is 32.1. The van der Waals surface area contributed by atoms with Gasteiger partial charge >= 0.3 is 0 Å². The number of carbonyl (C=O) groups is 1. The number of carbonyl (C=O) groups excluding carboxylic acids is 1. The first-order valence-electron chi connectivity index (χ1n) is 11.8. The maximum Gasteiger partial charge on any atom is 0.193 e. The van der Waals surface area contributed by atoms with Crippen LogP contribution in [0.15, 0.2) is 78.9 Å². The minimum absolute atomic E-state index is 0.000894. The van der Waals surface area contributed by atoms with Crippen molar-refractivity contribution in [3.8, 4) is 0 Å². The number of benzene rings is 3. The Labute approximate surface area is 210 Å². The van der Waals surface area contributed by atoms with E-state index in [2.05, 4.69) is 76.4 Å². The molecule has 3 rings (SSSR count). The molecule has 0 heterocycles. The summed E-state index contributed by atoms with van der Waals surface area (Å²) in [4.78, 5) is 13.0. The maximum atomic E-state index is 13.0. The molecule has 0 radical (unpaired) electrons. The van der Waals surface area contributed by atoms with Gasteiger partial charge in [0.2, 0.25) is 0 Å². The van der Waals surface area contributed by atoms with Crippen LogP contribution in [0.3, 0.4) is 0 Å². The van der Waals surface area contributed by atoms with E-state index in [1.54, 1.807) is 0 Å². The quantitative estimate of drug-likeness (QED) is 0.280. The summed E-state index contributed by atoms with van der Waals surface area (Å²) in [6, 6.07) is 26.1. The zero-order valence-electron chi connectivity index (χ0n) is 21.1. The van der Waals surface area contributed by atoms with E-state index in [4.69, 9.17) is 12.2 Å². The molecule has 178 valence electrons. The number of anilines is 1. The Hall–Kier alpha value is -2.98. The topological polar surface area (TPSA) is 41.1 Å². The number of rotatable bonds is 7. The zero-order valence-corrected chi connectivity index (χ0v) is 21.9. The van der Waals surface area contributed by atoms with Crippen LogP contribution in [0.4, 0.5) is 5.69 Å². The molecule has 1 unspecified atom stereocenters. The summed E-state index contributed by atoms with van der Waals surface area (Å²) in [6.07, 6.45) is 0.932. The van der Waals surface area contributed by atoms with Crippen LogP contribution in [-0.4, -0.2) is 16.9 Å². The number of thiocarbonyl (C=S) groups is 1. The van der Waals surface area contributed by atoms with Gasteiger partial charge in [-0.05, 0) is 59.7 Å². The average Bonchev–Trinajstić information content (AvgIpc) is 2.78. The van der Waals surface area contributed by atoms with Crippen molar-refractivity contribution in [2.75, 3.05) is 5.32 Å². The van der Waals surface area contributed by atoms with E-state index < -0.39 is 0 Å². The van der Waals surface area contributed by atoms with Gasteiger partial charge in [-0.2, -0.15) is 0 Å². The summed E-state index contributed by atoms with van der Waals surface area (Å²) in [7, 11) is 0. The molecule has 3 aromatic carbocycles. The highest BCUT2D eigenvalue weighted by molar-refractivity contribution is 7.80. The third-order valence-corrected chi connectivity index (χ3v) is 6.36. The minimum Gasteiger partial charge on any atom is -0.360 e. The molecule has 0 spiro atoms. The highest BCUT2D eigenvalue weighted by Crippen LogP contribution is 2.28. The Kier molecular flexibility index (Phi) is 7.93. The van der Waals surface area contributed by atoms with Gasteiger partial charge in [0.15, 0.2) is 10.9 Å². The minimum atomic E-state index is 0.000894. The Bertz CT molecular complexity index is 1130. The second kappa shape index (κ2) is 10.5. The van der Waals surface area contributed by atoms with Gasteiger partial charge in [-0.3, -0.25) is 4.79 Å². The number of hydrogen-bond acceptors (Lipinski definition) is 2. The lowest BCUT2D eigenvalue weighted by molar-refractivity contribution is 0.103. The molecule has 0 aliphatic heterocycles. The fraction of sp³-hybridized carbons (Fsp3) is 0.333. The van der Waals surface area contributed by atoms with Crippen LogP contribution in [-0.2, 0) is 10.8 Å². The first-order chi connectivity index (χ1) is 16.0. The van der Waals surface area contributed by atoms with Crippen molar-refractivity contribution >= 4 is 28.8 Å². The van der Waals surface area contributed by atoms with Crippen molar-refractivity contribution in [2.45, 2.75) is 64.8 Å². The molecule has 3 aromatic rings. The molecule has 0 saturated carbocycles. The van der Waals surface area contributed by atoms with Gasteiger partial charge in [-0.15, -0.1) is 0 Å². The molecule has 0 saturated heterocycles. The van der Waals surface area contributed by atoms with E-state index in [-0.39, 0.29) is 22.7 Å². The maximum absolute atomic E-state index is 13.0. The second-order valence-electron chi connectivity index (χ2n) is 10.7. The van der Waals surface area contributed by atoms with Gasteiger partial charge in [0.1, 0.15) is 0 Å². The van der Waals surface area contributed by atoms with Gasteiger partial charge in [-0.25, -0.2) is 0 Å². The lowest BCUT2D eigenvalue weighted by Gasteiger charge is -2.29. The van der Waals surface area contributed by atoms with Crippen LogP contribution in [0, 0.1) is 0 Å². The third-order valence-electron chi connectivity index (χ3n) is 6.14. The van der Waals surface area contributed by atoms with Crippen molar-refractivity contribution in [3.05, 3.63) is 101 Å². The molecule has 0 bridgehead atoms. The lowest BCUT2D eigenvalue weighted by atomic mass is 9.79. The number of hydrogen-bond donors (Lipinski definition) is 2. The fourth-order valence-corrected chi connectivity index (χ4v) is 4.56. The van der Waals surface area contributed by atoms with E-state index in [1.807, 2.05) is 54.6 Å². The first-order valence-corrected chi connectivity index (χ1v) is 12.2. The summed E-state index contributed by atoms with van der Waals surface area (Å²) >= 11 is 5.56. The molecule has 3 nitrogen and oxygen atoms in total. The highest BCUT2D eigenvalue weighted by Gasteiger charge is 2.23. The van der Waals surface area contributed by atoms with Gasteiger partial charge in [-0.1, -0.05) is 101 Å². The predicted molar refractivity (Wildman–Crippen MR) is 148 cm³/mol. The van der Waals surface area contributed by atoms with Crippen molar-refractivity contribution in [3.63, 3.8) is 0 Å². The van der Waals surface area contributed by atoms with E-state index >= 15 is 0 Å². The van der Waals surface area contributed by atoms with Crippen LogP contribution in [0.25, 0.3) is 0 Å². The van der Waals surface area contributed by atoms with Gasteiger partial charge in [0, 0.05) is 22.9 Å². The van der Waals surface area contributed by atoms with Gasteiger partial charge in [0.25, 0.3) is 0 Å². The summed E-state index contributed by atoms with van der Waals surface area (Å²) in [5.74, 6) is 0.000894. The van der Waals surface area contributed by atoms with Gasteiger partial charge in [0.05, 0.1) is 0 Å². The van der Waals surface area contributed by atoms with Crippen LogP contribution in [0.1, 0.15) is 75.0 Å². The smallest absolute Gasteiger partial charge is 0.193 e. The first kappa shape index (κ1) is 25.6. The molecular weight excluding hydrogens is 436 g/mol. The standard InChI is InChI=1S/C30H36N2OS/c1-21(20-30(5,6)25-12-8-7-9-13-25)31-28(34)32-26-14-10-11-23(19-26)27(33)22-15-17-24(18-16-22)29(2,3)4/h7-19,21H,20H2,1-6H3,(H2,31,32,34). The van der Waals surface area contributed by atoms with Crippen molar-refractivity contribution < 1.29 is 4.79 Å². The Morgan fingerprint density at radius 3 is 2.09 bits per heavy atom. The third kappa shape index (κ3) is 6.77. The van der Waals surface area contributed by atoms with E-state index in [0.29, 0.717) is 16.2 Å². The van der Waals surface area contributed by atoms with E-state index in [0.717, 1.165) is 12.1 Å². The normalized spacial score (nSPS) is 12.6. The average molecular weight is 473 g/mol. The summed E-state index contributed by atoms with van der Waals surface area (Å²) in [5.41, 5.74) is 4.71. The Morgan fingerprint density at radius 1 is 0.824 bits per heavy atom. The lowest BCUT2D eigenvalue weighted by Crippen LogP contribution is -2.39. The molecule has 2 N–H and O–H groups in total. The summed E-state index contributed by atoms with van der Waals surface area (Å²) < 4.78 is 0. The Balaban J connectivity index is 1.62. The zero-order chi connectivity index (χ0) is 24.9. The van der Waals surface area contributed by atoms with Crippen LogP contribution in [0.2, 0.25) is 0 Å². The molecule has 34 heavy (non-hydrogen) atoms. The van der Waals surface area contributed by atoms with Crippen LogP contribution in [0.5, 0.6) is 0 Å². The molecule has 1 atom stereocenters. The predicted octanol–water partition coefficient (Wildman–Crippen LogP) is 7.26. The largest absolute Gasteiger partial charge is 0.360 e. The molecule has 0 amide bonds. The monoisotopic (exact) mass is 472 g/mol. The van der Waals surface area contributed by atoms with Crippen molar-refractivity contribution in [2.24, 2.45) is 0 Å².